The van der Waals surface area contributed by atoms with Gasteiger partial charge >= 0.3 is 0 Å². The largest absolute Gasteiger partial charge is 0.508 e. The summed E-state index contributed by atoms with van der Waals surface area (Å²) in [6.07, 6.45) is 0. The third-order valence-electron chi connectivity index (χ3n) is 2.66. The first kappa shape index (κ1) is 13.2. The van der Waals surface area contributed by atoms with E-state index in [1.807, 2.05) is 0 Å². The van der Waals surface area contributed by atoms with Gasteiger partial charge in [-0.2, -0.15) is 0 Å². The summed E-state index contributed by atoms with van der Waals surface area (Å²) in [5.74, 6) is -0.466. The van der Waals surface area contributed by atoms with Crippen LogP contribution in [0.3, 0.4) is 0 Å². The Labute approximate surface area is 115 Å². The second-order valence-electron chi connectivity index (χ2n) is 4.12. The molecule has 2 aromatic carbocycles. The lowest BCUT2D eigenvalue weighted by molar-refractivity contribution is 0.102. The Morgan fingerprint density at radius 2 is 1.84 bits per heavy atom. The molecule has 2 rings (SSSR count). The van der Waals surface area contributed by atoms with Crippen molar-refractivity contribution in [3.8, 4) is 11.5 Å². The lowest BCUT2D eigenvalue weighted by Crippen LogP contribution is -2.12. The Bertz CT molecular complexity index is 641. The standard InChI is InChI=1S/C14H12ClNO3/c1-8-6-10(3-5-12(8)17)16-14(19)11-4-2-9(15)7-13(11)18/h2-7,17-18H,1H3,(H,16,19). The van der Waals surface area contributed by atoms with E-state index in [4.69, 9.17) is 11.6 Å². The van der Waals surface area contributed by atoms with Crippen molar-refractivity contribution in [1.29, 1.82) is 0 Å². The number of rotatable bonds is 2. The summed E-state index contributed by atoms with van der Waals surface area (Å²) in [7, 11) is 0. The molecular weight excluding hydrogens is 266 g/mol. The summed E-state index contributed by atoms with van der Waals surface area (Å²) in [6, 6.07) is 8.98. The average Bonchev–Trinajstić information content (AvgIpc) is 2.33. The Morgan fingerprint density at radius 3 is 2.47 bits per heavy atom. The van der Waals surface area contributed by atoms with Crippen molar-refractivity contribution >= 4 is 23.2 Å². The molecule has 0 saturated heterocycles. The minimum Gasteiger partial charge on any atom is -0.508 e. The molecule has 3 N–H and O–H groups in total. The van der Waals surface area contributed by atoms with E-state index in [9.17, 15) is 15.0 Å². The zero-order valence-corrected chi connectivity index (χ0v) is 10.9. The van der Waals surface area contributed by atoms with E-state index in [0.717, 1.165) is 0 Å². The van der Waals surface area contributed by atoms with E-state index in [-0.39, 0.29) is 17.1 Å². The molecule has 0 spiro atoms. The highest BCUT2D eigenvalue weighted by molar-refractivity contribution is 6.30. The maximum Gasteiger partial charge on any atom is 0.259 e. The van der Waals surface area contributed by atoms with Gasteiger partial charge in [0.1, 0.15) is 11.5 Å². The highest BCUT2D eigenvalue weighted by Crippen LogP contribution is 2.24. The van der Waals surface area contributed by atoms with E-state index >= 15 is 0 Å². The molecule has 0 radical (unpaired) electrons. The normalized spacial score (nSPS) is 10.2. The summed E-state index contributed by atoms with van der Waals surface area (Å²) >= 11 is 5.70. The number of hydrogen-bond donors (Lipinski definition) is 3. The van der Waals surface area contributed by atoms with Crippen molar-refractivity contribution < 1.29 is 15.0 Å². The predicted octanol–water partition coefficient (Wildman–Crippen LogP) is 3.31. The van der Waals surface area contributed by atoms with Gasteiger partial charge in [0.25, 0.3) is 5.91 Å². The van der Waals surface area contributed by atoms with Gasteiger partial charge in [-0.1, -0.05) is 11.6 Å². The predicted molar refractivity (Wildman–Crippen MR) is 73.9 cm³/mol. The molecule has 2 aromatic rings. The molecule has 0 aliphatic rings. The summed E-state index contributed by atoms with van der Waals surface area (Å²) in [5, 5.41) is 22.0. The topological polar surface area (TPSA) is 69.6 Å². The first-order chi connectivity index (χ1) is 8.97. The van der Waals surface area contributed by atoms with Crippen LogP contribution in [0.1, 0.15) is 15.9 Å². The van der Waals surface area contributed by atoms with Crippen molar-refractivity contribution in [1.82, 2.24) is 0 Å². The SMILES string of the molecule is Cc1cc(NC(=O)c2ccc(Cl)cc2O)ccc1O. The molecule has 0 aliphatic heterocycles. The number of aromatic hydroxyl groups is 2. The van der Waals surface area contributed by atoms with Crippen LogP contribution < -0.4 is 5.32 Å². The Balaban J connectivity index is 2.23. The first-order valence-corrected chi connectivity index (χ1v) is 5.94. The van der Waals surface area contributed by atoms with Crippen LogP contribution in [0.25, 0.3) is 0 Å². The second kappa shape index (κ2) is 5.20. The van der Waals surface area contributed by atoms with E-state index in [2.05, 4.69) is 5.32 Å². The van der Waals surface area contributed by atoms with Crippen LogP contribution >= 0.6 is 11.6 Å². The fourth-order valence-electron chi connectivity index (χ4n) is 1.63. The molecule has 0 aliphatic carbocycles. The van der Waals surface area contributed by atoms with Gasteiger partial charge in [0.05, 0.1) is 5.56 Å². The van der Waals surface area contributed by atoms with Crippen molar-refractivity contribution in [2.24, 2.45) is 0 Å². The van der Waals surface area contributed by atoms with Crippen LogP contribution in [0, 0.1) is 6.92 Å². The quantitative estimate of drug-likeness (QED) is 0.738. The zero-order valence-electron chi connectivity index (χ0n) is 10.1. The maximum atomic E-state index is 12.0. The second-order valence-corrected chi connectivity index (χ2v) is 4.55. The van der Waals surface area contributed by atoms with E-state index in [1.165, 1.54) is 24.3 Å². The van der Waals surface area contributed by atoms with Crippen LogP contribution in [0.15, 0.2) is 36.4 Å². The van der Waals surface area contributed by atoms with Crippen LogP contribution in [-0.4, -0.2) is 16.1 Å². The Kier molecular flexibility index (Phi) is 3.62. The monoisotopic (exact) mass is 277 g/mol. The van der Waals surface area contributed by atoms with E-state index in [0.29, 0.717) is 16.3 Å². The van der Waals surface area contributed by atoms with Gasteiger partial charge in [-0.05, 0) is 48.9 Å². The number of nitrogens with one attached hydrogen (secondary N) is 1. The van der Waals surface area contributed by atoms with Crippen molar-refractivity contribution in [3.63, 3.8) is 0 Å². The molecule has 4 nitrogen and oxygen atoms in total. The van der Waals surface area contributed by atoms with Gasteiger partial charge in [-0.25, -0.2) is 0 Å². The van der Waals surface area contributed by atoms with Crippen molar-refractivity contribution in [2.45, 2.75) is 6.92 Å². The molecule has 98 valence electrons. The van der Waals surface area contributed by atoms with Gasteiger partial charge in [0.2, 0.25) is 0 Å². The maximum absolute atomic E-state index is 12.0. The molecule has 0 fully saturated rings. The molecule has 0 aromatic heterocycles. The van der Waals surface area contributed by atoms with Gasteiger partial charge in [0, 0.05) is 10.7 Å². The lowest BCUT2D eigenvalue weighted by atomic mass is 10.1. The fourth-order valence-corrected chi connectivity index (χ4v) is 1.79. The van der Waals surface area contributed by atoms with Crippen LogP contribution in [0.5, 0.6) is 11.5 Å². The summed E-state index contributed by atoms with van der Waals surface area (Å²) in [5.41, 5.74) is 1.32. The van der Waals surface area contributed by atoms with Gasteiger partial charge in [-0.3, -0.25) is 4.79 Å². The van der Waals surface area contributed by atoms with Gasteiger partial charge < -0.3 is 15.5 Å². The highest BCUT2D eigenvalue weighted by Gasteiger charge is 2.12. The van der Waals surface area contributed by atoms with Crippen LogP contribution in [-0.2, 0) is 0 Å². The minimum absolute atomic E-state index is 0.134. The Morgan fingerprint density at radius 1 is 1.11 bits per heavy atom. The molecule has 1 amide bonds. The molecule has 0 bridgehead atoms. The van der Waals surface area contributed by atoms with Gasteiger partial charge in [0.15, 0.2) is 0 Å². The summed E-state index contributed by atoms with van der Waals surface area (Å²) in [6.45, 7) is 1.73. The van der Waals surface area contributed by atoms with E-state index < -0.39 is 5.91 Å². The highest BCUT2D eigenvalue weighted by atomic mass is 35.5. The number of aryl methyl sites for hydroxylation is 1. The number of hydrogen-bond acceptors (Lipinski definition) is 3. The van der Waals surface area contributed by atoms with E-state index in [1.54, 1.807) is 19.1 Å². The molecule has 19 heavy (non-hydrogen) atoms. The number of anilines is 1. The lowest BCUT2D eigenvalue weighted by Gasteiger charge is -2.08. The average molecular weight is 278 g/mol. The molecular formula is C14H12ClNO3. The van der Waals surface area contributed by atoms with Gasteiger partial charge in [-0.15, -0.1) is 0 Å². The molecule has 0 saturated carbocycles. The van der Waals surface area contributed by atoms with Crippen LogP contribution in [0.2, 0.25) is 5.02 Å². The van der Waals surface area contributed by atoms with Crippen molar-refractivity contribution in [3.05, 3.63) is 52.5 Å². The molecule has 0 atom stereocenters. The summed E-state index contributed by atoms with van der Waals surface area (Å²) < 4.78 is 0. The van der Waals surface area contributed by atoms with Crippen molar-refractivity contribution in [2.75, 3.05) is 5.32 Å². The number of phenolic OH excluding ortho intramolecular Hbond substituents is 2. The first-order valence-electron chi connectivity index (χ1n) is 5.57. The smallest absolute Gasteiger partial charge is 0.259 e. The van der Waals surface area contributed by atoms with Crippen LogP contribution in [0.4, 0.5) is 5.69 Å². The number of carbonyl (C=O) groups excluding carboxylic acids is 1. The molecule has 0 heterocycles. The zero-order chi connectivity index (χ0) is 14.0. The minimum atomic E-state index is -0.445. The number of amides is 1. The fraction of sp³-hybridized carbons (Fsp3) is 0.0714. The summed E-state index contributed by atoms with van der Waals surface area (Å²) in [4.78, 5) is 12.0. The number of benzene rings is 2. The number of halogens is 1. The molecule has 0 unspecified atom stereocenters. The third kappa shape index (κ3) is 2.98. The molecule has 5 heteroatoms. The number of carbonyl (C=O) groups is 1. The third-order valence-corrected chi connectivity index (χ3v) is 2.89. The Hall–Kier alpha value is -2.20. The number of phenols is 2.